The Kier molecular flexibility index (Phi) is 9.79. The highest BCUT2D eigenvalue weighted by molar-refractivity contribution is 7.97. The lowest BCUT2D eigenvalue weighted by atomic mass is 10.0. The molecule has 1 amide bonds. The van der Waals surface area contributed by atoms with E-state index in [-0.39, 0.29) is 18.5 Å². The van der Waals surface area contributed by atoms with E-state index in [9.17, 15) is 4.79 Å². The molecule has 0 fully saturated rings. The van der Waals surface area contributed by atoms with Crippen LogP contribution >= 0.6 is 11.9 Å². The average molecular weight is 479 g/mol. The highest BCUT2D eigenvalue weighted by Crippen LogP contribution is 2.32. The number of aryl methyl sites for hydroxylation is 1. The van der Waals surface area contributed by atoms with Gasteiger partial charge in [0.25, 0.3) is 0 Å². The molecule has 3 rings (SSSR count). The molecule has 0 saturated carbocycles. The summed E-state index contributed by atoms with van der Waals surface area (Å²) in [6, 6.07) is 16.2. The molecular weight excluding hydrogens is 444 g/mol. The second-order valence-electron chi connectivity index (χ2n) is 8.30. The molecule has 0 aliphatic heterocycles. The summed E-state index contributed by atoms with van der Waals surface area (Å²) in [7, 11) is 1.69. The zero-order valence-electron chi connectivity index (χ0n) is 20.4. The molecule has 0 radical (unpaired) electrons. The third-order valence-electron chi connectivity index (χ3n) is 5.80. The number of aromatic nitrogens is 1. The number of amides is 1. The van der Waals surface area contributed by atoms with Gasteiger partial charge in [0.2, 0.25) is 5.91 Å². The predicted octanol–water partition coefficient (Wildman–Crippen LogP) is 4.84. The van der Waals surface area contributed by atoms with E-state index in [1.54, 1.807) is 19.5 Å². The summed E-state index contributed by atoms with van der Waals surface area (Å²) in [5, 5.41) is 6.61. The average Bonchev–Trinajstić information content (AvgIpc) is 2.84. The molecule has 0 spiro atoms. The van der Waals surface area contributed by atoms with Crippen molar-refractivity contribution < 1.29 is 9.53 Å². The summed E-state index contributed by atoms with van der Waals surface area (Å²) in [4.78, 5) is 17.9. The first kappa shape index (κ1) is 25.6. The van der Waals surface area contributed by atoms with E-state index in [0.29, 0.717) is 0 Å². The number of rotatable bonds is 12. The maximum Gasteiger partial charge on any atom is 0.235 e. The number of pyridine rings is 1. The summed E-state index contributed by atoms with van der Waals surface area (Å²) in [5.41, 5.74) is 5.64. The second kappa shape index (κ2) is 13.0. The number of nitrogens with zero attached hydrogens (tertiary/aromatic N) is 1. The number of nitrogens with one attached hydrogen (secondary N) is 3. The van der Waals surface area contributed by atoms with Crippen LogP contribution in [-0.2, 0) is 11.2 Å². The number of hydrogen-bond acceptors (Lipinski definition) is 6. The SMILES string of the molecule is COc1cc(C)c(SNCC(=O)NC(CCNc2ccncc2)Cc2ccccc2)c(C)c1C. The summed E-state index contributed by atoms with van der Waals surface area (Å²) < 4.78 is 8.70. The van der Waals surface area contributed by atoms with Crippen molar-refractivity contribution in [1.82, 2.24) is 15.0 Å². The minimum Gasteiger partial charge on any atom is -0.496 e. The molecule has 3 aromatic rings. The number of carbonyl (C=O) groups is 1. The van der Waals surface area contributed by atoms with Crippen molar-refractivity contribution >= 4 is 23.5 Å². The number of hydrogen-bond donors (Lipinski definition) is 3. The van der Waals surface area contributed by atoms with Crippen LogP contribution in [-0.4, -0.2) is 37.1 Å². The Morgan fingerprint density at radius 1 is 1.06 bits per heavy atom. The Bertz CT molecular complexity index is 1060. The fraction of sp³-hybridized carbons (Fsp3) is 0.333. The number of benzene rings is 2. The Balaban J connectivity index is 1.55. The lowest BCUT2D eigenvalue weighted by molar-refractivity contribution is -0.120. The van der Waals surface area contributed by atoms with Gasteiger partial charge in [0, 0.05) is 35.6 Å². The minimum absolute atomic E-state index is 0.0159. The Labute approximate surface area is 207 Å². The van der Waals surface area contributed by atoms with Crippen molar-refractivity contribution in [3.8, 4) is 5.75 Å². The molecule has 1 heterocycles. The van der Waals surface area contributed by atoms with Crippen molar-refractivity contribution in [1.29, 1.82) is 0 Å². The standard InChI is InChI=1S/C27H34N4O2S/c1-19-16-25(33-4)20(2)21(3)27(19)34-30-18-26(32)31-24(17-22-8-6-5-7-9-22)12-15-29-23-10-13-28-14-11-23/h5-11,13-14,16,24,30H,12,15,17-18H2,1-4H3,(H,28,29)(H,31,32). The van der Waals surface area contributed by atoms with Gasteiger partial charge in [0.1, 0.15) is 5.75 Å². The fourth-order valence-electron chi connectivity index (χ4n) is 3.83. The van der Waals surface area contributed by atoms with Crippen molar-refractivity contribution in [3.63, 3.8) is 0 Å². The van der Waals surface area contributed by atoms with E-state index >= 15 is 0 Å². The van der Waals surface area contributed by atoms with E-state index < -0.39 is 0 Å². The van der Waals surface area contributed by atoms with Gasteiger partial charge < -0.3 is 15.4 Å². The van der Waals surface area contributed by atoms with E-state index in [1.807, 2.05) is 36.4 Å². The predicted molar refractivity (Wildman–Crippen MR) is 140 cm³/mol. The molecule has 0 saturated heterocycles. The molecular formula is C27H34N4O2S. The zero-order chi connectivity index (χ0) is 24.3. The first-order valence-electron chi connectivity index (χ1n) is 11.5. The Morgan fingerprint density at radius 3 is 2.50 bits per heavy atom. The molecule has 3 N–H and O–H groups in total. The fourth-order valence-corrected chi connectivity index (χ4v) is 4.70. The molecule has 0 aliphatic carbocycles. The molecule has 180 valence electrons. The monoisotopic (exact) mass is 478 g/mol. The number of anilines is 1. The highest BCUT2D eigenvalue weighted by atomic mass is 32.2. The van der Waals surface area contributed by atoms with Gasteiger partial charge in [-0.1, -0.05) is 30.3 Å². The van der Waals surface area contributed by atoms with E-state index in [1.165, 1.54) is 23.1 Å². The largest absolute Gasteiger partial charge is 0.496 e. The van der Waals surface area contributed by atoms with Crippen molar-refractivity contribution in [2.24, 2.45) is 0 Å². The van der Waals surface area contributed by atoms with Crippen LogP contribution in [0.15, 0.2) is 65.8 Å². The number of ether oxygens (including phenoxy) is 1. The van der Waals surface area contributed by atoms with Crippen LogP contribution in [0.5, 0.6) is 5.75 Å². The van der Waals surface area contributed by atoms with Gasteiger partial charge in [-0.2, -0.15) is 0 Å². The minimum atomic E-state index is -0.0159. The summed E-state index contributed by atoms with van der Waals surface area (Å²) in [6.45, 7) is 7.19. The van der Waals surface area contributed by atoms with Crippen LogP contribution in [0, 0.1) is 20.8 Å². The van der Waals surface area contributed by atoms with Gasteiger partial charge >= 0.3 is 0 Å². The van der Waals surface area contributed by atoms with Gasteiger partial charge in [-0.15, -0.1) is 0 Å². The summed E-state index contributed by atoms with van der Waals surface area (Å²) in [6.07, 6.45) is 5.13. The smallest absolute Gasteiger partial charge is 0.235 e. The van der Waals surface area contributed by atoms with Crippen LogP contribution in [0.2, 0.25) is 0 Å². The van der Waals surface area contributed by atoms with E-state index in [0.717, 1.165) is 46.8 Å². The normalized spacial score (nSPS) is 11.6. The van der Waals surface area contributed by atoms with Crippen LogP contribution in [0.25, 0.3) is 0 Å². The van der Waals surface area contributed by atoms with Gasteiger partial charge in [0.15, 0.2) is 0 Å². The molecule has 1 aromatic heterocycles. The molecule has 0 bridgehead atoms. The maximum atomic E-state index is 12.8. The molecule has 1 unspecified atom stereocenters. The van der Waals surface area contributed by atoms with Crippen molar-refractivity contribution in [2.45, 2.75) is 44.6 Å². The molecule has 6 nitrogen and oxygen atoms in total. The highest BCUT2D eigenvalue weighted by Gasteiger charge is 2.15. The van der Waals surface area contributed by atoms with Gasteiger partial charge in [-0.25, -0.2) is 0 Å². The van der Waals surface area contributed by atoms with Crippen LogP contribution < -0.4 is 20.1 Å². The Morgan fingerprint density at radius 2 is 1.79 bits per heavy atom. The Hall–Kier alpha value is -3.03. The third kappa shape index (κ3) is 7.50. The summed E-state index contributed by atoms with van der Waals surface area (Å²) >= 11 is 1.50. The van der Waals surface area contributed by atoms with Gasteiger partial charge in [0.05, 0.1) is 13.7 Å². The molecule has 1 atom stereocenters. The maximum absolute atomic E-state index is 12.8. The molecule has 2 aromatic carbocycles. The molecule has 0 aliphatic rings. The molecule has 34 heavy (non-hydrogen) atoms. The van der Waals surface area contributed by atoms with E-state index in [2.05, 4.69) is 53.2 Å². The van der Waals surface area contributed by atoms with Crippen LogP contribution in [0.3, 0.4) is 0 Å². The lowest BCUT2D eigenvalue weighted by Gasteiger charge is -2.20. The van der Waals surface area contributed by atoms with Crippen LogP contribution in [0.4, 0.5) is 5.69 Å². The first-order valence-corrected chi connectivity index (χ1v) is 12.3. The summed E-state index contributed by atoms with van der Waals surface area (Å²) in [5.74, 6) is 0.874. The van der Waals surface area contributed by atoms with Crippen LogP contribution in [0.1, 0.15) is 28.7 Å². The van der Waals surface area contributed by atoms with Gasteiger partial charge in [-0.05, 0) is 86.0 Å². The quantitative estimate of drug-likeness (QED) is 0.324. The number of methoxy groups -OCH3 is 1. The van der Waals surface area contributed by atoms with Crippen molar-refractivity contribution in [3.05, 3.63) is 83.2 Å². The van der Waals surface area contributed by atoms with E-state index in [4.69, 9.17) is 4.74 Å². The topological polar surface area (TPSA) is 75.3 Å². The molecule has 7 heteroatoms. The van der Waals surface area contributed by atoms with Gasteiger partial charge in [-0.3, -0.25) is 14.5 Å². The second-order valence-corrected chi connectivity index (χ2v) is 9.20. The number of carbonyl (C=O) groups excluding carboxylic acids is 1. The third-order valence-corrected chi connectivity index (χ3v) is 6.92. The first-order chi connectivity index (χ1) is 16.5. The lowest BCUT2D eigenvalue weighted by Crippen LogP contribution is -2.41. The van der Waals surface area contributed by atoms with Crippen molar-refractivity contribution in [2.75, 3.05) is 25.5 Å². The zero-order valence-corrected chi connectivity index (χ0v) is 21.2.